The molecule has 4 aromatic rings. The minimum atomic E-state index is -0.889. The quantitative estimate of drug-likeness (QED) is 0.137. The Balaban J connectivity index is 1.53. The van der Waals surface area contributed by atoms with Crippen LogP contribution >= 0.6 is 45.8 Å². The summed E-state index contributed by atoms with van der Waals surface area (Å²) in [6.07, 6.45) is 0. The number of amides is 3. The van der Waals surface area contributed by atoms with E-state index in [1.165, 1.54) is 4.90 Å². The number of hydrogen-bond donors (Lipinski definition) is 3. The van der Waals surface area contributed by atoms with Crippen LogP contribution in [0.15, 0.2) is 72.8 Å². The second-order valence-corrected chi connectivity index (χ2v) is 11.3. The first-order chi connectivity index (χ1) is 19.3. The van der Waals surface area contributed by atoms with E-state index in [0.29, 0.717) is 33.4 Å². The number of ether oxygens (including phenoxy) is 1. The number of aromatic amines is 1. The molecule has 1 fully saturated rings. The number of hydrogen-bond acceptors (Lipinski definition) is 5. The maximum absolute atomic E-state index is 13.9. The van der Waals surface area contributed by atoms with Gasteiger partial charge in [0.1, 0.15) is 41.1 Å². The van der Waals surface area contributed by atoms with Gasteiger partial charge in [-0.15, -0.1) is 0 Å². The fraction of sp³-hybridized carbons (Fsp3) is 0.207. The van der Waals surface area contributed by atoms with Gasteiger partial charge in [-0.2, -0.15) is 0 Å². The van der Waals surface area contributed by atoms with Crippen LogP contribution in [0.25, 0.3) is 11.3 Å². The molecule has 1 aromatic heterocycles. The fourth-order valence-corrected chi connectivity index (χ4v) is 5.98. The molecule has 11 heteroatoms. The van der Waals surface area contributed by atoms with Crippen molar-refractivity contribution >= 4 is 57.7 Å². The zero-order valence-corrected chi connectivity index (χ0v) is 24.9. The van der Waals surface area contributed by atoms with Gasteiger partial charge in [-0.25, -0.2) is 9.78 Å². The van der Waals surface area contributed by atoms with E-state index in [4.69, 9.17) is 38.0 Å². The van der Waals surface area contributed by atoms with Gasteiger partial charge < -0.3 is 20.1 Å². The first-order valence-electron chi connectivity index (χ1n) is 12.5. The standard InChI is InChI=1S/C29H25Cl2IN4O4/c1-16(17-5-3-2-4-6-17)25(27-33-24(26(31)35-27)21-12-9-19(32)15-22(21)30)36-28(38)23(34-29(36)39)18-7-10-20(11-8-18)40-14-13-37/h2-12,15-16,23,25,37H,13-14H2,1H3,(H,33,35)(H,34,39)/t16-,23-,25+/m1/s1. The van der Waals surface area contributed by atoms with Crippen molar-refractivity contribution in [3.05, 3.63) is 103 Å². The molecule has 0 spiro atoms. The lowest BCUT2D eigenvalue weighted by Gasteiger charge is -2.29. The molecule has 0 unspecified atom stereocenters. The zero-order chi connectivity index (χ0) is 28.4. The normalized spacial score (nSPS) is 16.6. The Bertz CT molecular complexity index is 1530. The van der Waals surface area contributed by atoms with Crippen LogP contribution < -0.4 is 10.1 Å². The highest BCUT2D eigenvalue weighted by molar-refractivity contribution is 14.1. The van der Waals surface area contributed by atoms with Crippen LogP contribution in [0, 0.1) is 3.57 Å². The molecule has 3 aromatic carbocycles. The lowest BCUT2D eigenvalue weighted by molar-refractivity contribution is -0.129. The second kappa shape index (κ2) is 12.2. The van der Waals surface area contributed by atoms with Gasteiger partial charge in [0.2, 0.25) is 0 Å². The summed E-state index contributed by atoms with van der Waals surface area (Å²) in [4.78, 5) is 36.4. The molecule has 3 atom stereocenters. The van der Waals surface area contributed by atoms with Gasteiger partial charge in [0.15, 0.2) is 0 Å². The van der Waals surface area contributed by atoms with E-state index in [1.54, 1.807) is 24.3 Å². The Hall–Kier alpha value is -3.12. The molecule has 0 bridgehead atoms. The van der Waals surface area contributed by atoms with Crippen LogP contribution in [0.1, 0.15) is 41.9 Å². The average molecular weight is 691 g/mol. The number of benzene rings is 3. The summed E-state index contributed by atoms with van der Waals surface area (Å²) in [5.41, 5.74) is 2.60. The molecule has 2 heterocycles. The highest BCUT2D eigenvalue weighted by Gasteiger charge is 2.46. The summed E-state index contributed by atoms with van der Waals surface area (Å²) in [6.45, 7) is 1.99. The van der Waals surface area contributed by atoms with Gasteiger partial charge >= 0.3 is 6.03 Å². The van der Waals surface area contributed by atoms with Crippen LogP contribution in [-0.2, 0) is 4.79 Å². The predicted molar refractivity (Wildman–Crippen MR) is 162 cm³/mol. The Morgan fingerprint density at radius 1 is 1.07 bits per heavy atom. The molecule has 206 valence electrons. The van der Waals surface area contributed by atoms with Crippen LogP contribution in [0.3, 0.4) is 0 Å². The molecule has 5 rings (SSSR count). The van der Waals surface area contributed by atoms with E-state index in [0.717, 1.165) is 9.13 Å². The van der Waals surface area contributed by atoms with Gasteiger partial charge in [0.25, 0.3) is 5.91 Å². The molecule has 0 saturated carbocycles. The molecule has 3 N–H and O–H groups in total. The lowest BCUT2D eigenvalue weighted by Crippen LogP contribution is -2.38. The van der Waals surface area contributed by atoms with Gasteiger partial charge in [-0.1, -0.05) is 78.7 Å². The molecule has 1 aliphatic heterocycles. The van der Waals surface area contributed by atoms with Crippen molar-refractivity contribution in [1.29, 1.82) is 0 Å². The Morgan fingerprint density at radius 2 is 1.80 bits per heavy atom. The van der Waals surface area contributed by atoms with Crippen LogP contribution in [0.2, 0.25) is 10.2 Å². The van der Waals surface area contributed by atoms with E-state index in [1.807, 2.05) is 55.5 Å². The van der Waals surface area contributed by atoms with E-state index in [2.05, 4.69) is 32.9 Å². The smallest absolute Gasteiger partial charge is 0.325 e. The molecular formula is C29H25Cl2IN4O4. The number of urea groups is 1. The highest BCUT2D eigenvalue weighted by atomic mass is 127. The minimum absolute atomic E-state index is 0.108. The SMILES string of the molecule is C[C@H](c1ccccc1)[C@@H](c1nc(-c2ccc(I)cc2Cl)c(Cl)[nH]1)N1C(=O)N[C@H](c2ccc(OCCO)cc2)C1=O. The molecule has 0 radical (unpaired) electrons. The molecule has 1 aliphatic rings. The van der Waals surface area contributed by atoms with Gasteiger partial charge in [0.05, 0.1) is 11.6 Å². The lowest BCUT2D eigenvalue weighted by atomic mass is 9.91. The molecular weight excluding hydrogens is 666 g/mol. The van der Waals surface area contributed by atoms with Crippen molar-refractivity contribution in [2.24, 2.45) is 0 Å². The van der Waals surface area contributed by atoms with E-state index >= 15 is 0 Å². The van der Waals surface area contributed by atoms with E-state index in [9.17, 15) is 9.59 Å². The van der Waals surface area contributed by atoms with Crippen LogP contribution in [0.4, 0.5) is 4.79 Å². The maximum Gasteiger partial charge on any atom is 0.325 e. The first kappa shape index (κ1) is 28.4. The van der Waals surface area contributed by atoms with Crippen molar-refractivity contribution in [2.75, 3.05) is 13.2 Å². The summed E-state index contributed by atoms with van der Waals surface area (Å²) in [7, 11) is 0. The second-order valence-electron chi connectivity index (χ2n) is 9.28. The number of carbonyl (C=O) groups excluding carboxylic acids is 2. The molecule has 0 aliphatic carbocycles. The summed E-state index contributed by atoms with van der Waals surface area (Å²) in [5.74, 6) is 0.172. The summed E-state index contributed by atoms with van der Waals surface area (Å²) in [5, 5.41) is 12.5. The van der Waals surface area contributed by atoms with Gasteiger partial charge in [0, 0.05) is 15.1 Å². The number of imidazole rings is 1. The number of H-pyrrole nitrogens is 1. The third-order valence-corrected chi connectivity index (χ3v) is 8.02. The van der Waals surface area contributed by atoms with E-state index in [-0.39, 0.29) is 24.3 Å². The Labute approximate surface area is 254 Å². The predicted octanol–water partition coefficient (Wildman–Crippen LogP) is 6.50. The molecule has 8 nitrogen and oxygen atoms in total. The minimum Gasteiger partial charge on any atom is -0.491 e. The number of nitrogens with one attached hydrogen (secondary N) is 2. The summed E-state index contributed by atoms with van der Waals surface area (Å²) < 4.78 is 6.38. The summed E-state index contributed by atoms with van der Waals surface area (Å²) >= 11 is 15.3. The van der Waals surface area contributed by atoms with E-state index < -0.39 is 24.0 Å². The largest absolute Gasteiger partial charge is 0.491 e. The van der Waals surface area contributed by atoms with Crippen molar-refractivity contribution < 1.29 is 19.4 Å². The number of carbonyl (C=O) groups is 2. The van der Waals surface area contributed by atoms with Gasteiger partial charge in [-0.05, 0) is 58.0 Å². The number of aliphatic hydroxyl groups is 1. The number of halogens is 3. The molecule has 40 heavy (non-hydrogen) atoms. The van der Waals surface area contributed by atoms with Crippen LogP contribution in [-0.4, -0.2) is 45.1 Å². The molecule has 3 amide bonds. The maximum atomic E-state index is 13.9. The highest BCUT2D eigenvalue weighted by Crippen LogP contribution is 2.41. The monoisotopic (exact) mass is 690 g/mol. The number of nitrogens with zero attached hydrogens (tertiary/aromatic N) is 2. The van der Waals surface area contributed by atoms with Crippen molar-refractivity contribution in [3.63, 3.8) is 0 Å². The third kappa shape index (κ3) is 5.69. The third-order valence-electron chi connectivity index (χ3n) is 6.77. The number of imide groups is 1. The topological polar surface area (TPSA) is 108 Å². The summed E-state index contributed by atoms with van der Waals surface area (Å²) in [6, 6.07) is 19.8. The van der Waals surface area contributed by atoms with Crippen molar-refractivity contribution in [3.8, 4) is 17.0 Å². The van der Waals surface area contributed by atoms with Crippen molar-refractivity contribution in [2.45, 2.75) is 24.9 Å². The number of aliphatic hydroxyl groups excluding tert-OH is 1. The number of aromatic nitrogens is 2. The Kier molecular flexibility index (Phi) is 8.65. The molecule has 1 saturated heterocycles. The average Bonchev–Trinajstić information content (AvgIpc) is 3.47. The number of rotatable bonds is 9. The fourth-order valence-electron chi connectivity index (χ4n) is 4.79. The van der Waals surface area contributed by atoms with Crippen molar-refractivity contribution in [1.82, 2.24) is 20.2 Å². The Morgan fingerprint density at radius 3 is 2.48 bits per heavy atom. The van der Waals surface area contributed by atoms with Crippen LogP contribution in [0.5, 0.6) is 5.75 Å². The zero-order valence-electron chi connectivity index (χ0n) is 21.3. The first-order valence-corrected chi connectivity index (χ1v) is 14.3. The van der Waals surface area contributed by atoms with Gasteiger partial charge in [-0.3, -0.25) is 9.69 Å².